The summed E-state index contributed by atoms with van der Waals surface area (Å²) in [5, 5.41) is 12.0. The van der Waals surface area contributed by atoms with E-state index >= 15 is 0 Å². The van der Waals surface area contributed by atoms with Crippen LogP contribution in [0.4, 0.5) is 0 Å². The monoisotopic (exact) mass is 347 g/mol. The van der Waals surface area contributed by atoms with Gasteiger partial charge in [0.2, 0.25) is 5.91 Å². The third kappa shape index (κ3) is 3.63. The van der Waals surface area contributed by atoms with Crippen LogP contribution in [0.1, 0.15) is 30.4 Å². The minimum absolute atomic E-state index is 0.162. The number of aliphatic carboxylic acids is 1. The van der Waals surface area contributed by atoms with Gasteiger partial charge in [0.1, 0.15) is 5.75 Å². The van der Waals surface area contributed by atoms with Gasteiger partial charge in [0.15, 0.2) is 0 Å². The van der Waals surface area contributed by atoms with Gasteiger partial charge in [-0.1, -0.05) is 17.7 Å². The van der Waals surface area contributed by atoms with E-state index in [0.717, 1.165) is 29.7 Å². The van der Waals surface area contributed by atoms with E-state index in [1.54, 1.807) is 7.11 Å². The molecule has 3 rings (SSSR count). The molecular weight excluding hydrogens is 322 g/mol. The van der Waals surface area contributed by atoms with Crippen molar-refractivity contribution >= 4 is 11.9 Å². The fraction of sp³-hybridized carbons (Fsp3) is 0.579. The third-order valence-electron chi connectivity index (χ3n) is 5.42. The lowest BCUT2D eigenvalue weighted by molar-refractivity contribution is -0.140. The summed E-state index contributed by atoms with van der Waals surface area (Å²) in [5.74, 6) is -1.16. The summed E-state index contributed by atoms with van der Waals surface area (Å²) in [6, 6.07) is 6.09. The quantitative estimate of drug-likeness (QED) is 0.821. The van der Waals surface area contributed by atoms with E-state index in [1.165, 1.54) is 0 Å². The highest BCUT2D eigenvalue weighted by Crippen LogP contribution is 2.41. The summed E-state index contributed by atoms with van der Waals surface area (Å²) in [6.07, 6.45) is 2.02. The number of rotatable bonds is 6. The molecule has 1 saturated carbocycles. The Bertz CT molecular complexity index is 666. The molecule has 0 radical (unpaired) electrons. The molecule has 0 spiro atoms. The zero-order chi connectivity index (χ0) is 18.0. The van der Waals surface area contributed by atoms with Crippen LogP contribution >= 0.6 is 0 Å². The van der Waals surface area contributed by atoms with E-state index < -0.39 is 17.8 Å². The molecule has 1 amide bonds. The molecule has 136 valence electrons. The normalized spacial score (nSPS) is 24.4. The summed E-state index contributed by atoms with van der Waals surface area (Å²) in [7, 11) is 1.65. The smallest absolute Gasteiger partial charge is 0.307 e. The molecule has 2 aliphatic rings. The Morgan fingerprint density at radius 1 is 1.32 bits per heavy atom. The maximum Gasteiger partial charge on any atom is 0.307 e. The SMILES string of the molecule is COc1ccc(C)cc1C1(CNC(=O)C2CC2C(=O)O)CCOCC1. The number of nitrogens with one attached hydrogen (secondary N) is 1. The largest absolute Gasteiger partial charge is 0.496 e. The Balaban J connectivity index is 1.79. The number of hydrogen-bond donors (Lipinski definition) is 2. The van der Waals surface area contributed by atoms with Gasteiger partial charge in [0.25, 0.3) is 0 Å². The average Bonchev–Trinajstić information content (AvgIpc) is 3.41. The highest BCUT2D eigenvalue weighted by molar-refractivity contribution is 5.89. The summed E-state index contributed by atoms with van der Waals surface area (Å²) in [5.41, 5.74) is 1.98. The number of benzene rings is 1. The van der Waals surface area contributed by atoms with Crippen LogP contribution < -0.4 is 10.1 Å². The highest BCUT2D eigenvalue weighted by Gasteiger charge is 2.49. The fourth-order valence-corrected chi connectivity index (χ4v) is 3.68. The van der Waals surface area contributed by atoms with E-state index in [1.807, 2.05) is 19.1 Å². The molecule has 1 aliphatic carbocycles. The van der Waals surface area contributed by atoms with Crippen LogP contribution in [-0.4, -0.2) is 43.9 Å². The number of amides is 1. The van der Waals surface area contributed by atoms with E-state index in [2.05, 4.69) is 11.4 Å². The lowest BCUT2D eigenvalue weighted by Crippen LogP contribution is -2.45. The first-order valence-corrected chi connectivity index (χ1v) is 8.70. The number of aryl methyl sites for hydroxylation is 1. The lowest BCUT2D eigenvalue weighted by atomic mass is 9.73. The number of ether oxygens (including phenoxy) is 2. The molecule has 1 aromatic carbocycles. The van der Waals surface area contributed by atoms with Crippen molar-refractivity contribution in [2.45, 2.75) is 31.6 Å². The Hall–Kier alpha value is -2.08. The second-order valence-electron chi connectivity index (χ2n) is 7.10. The third-order valence-corrected chi connectivity index (χ3v) is 5.42. The molecule has 0 aromatic heterocycles. The molecule has 2 unspecified atom stereocenters. The molecule has 1 saturated heterocycles. The van der Waals surface area contributed by atoms with Crippen LogP contribution in [0.3, 0.4) is 0 Å². The zero-order valence-electron chi connectivity index (χ0n) is 14.7. The summed E-state index contributed by atoms with van der Waals surface area (Å²) in [6.45, 7) is 3.77. The van der Waals surface area contributed by atoms with Crippen molar-refractivity contribution in [3.8, 4) is 5.75 Å². The van der Waals surface area contributed by atoms with Gasteiger partial charge in [-0.2, -0.15) is 0 Å². The van der Waals surface area contributed by atoms with Crippen LogP contribution in [0, 0.1) is 18.8 Å². The standard InChI is InChI=1S/C19H25NO5/c1-12-3-4-16(24-2)15(9-12)19(5-7-25-8-6-19)11-20-17(21)13-10-14(13)18(22)23/h3-4,9,13-14H,5-8,10-11H2,1-2H3,(H,20,21)(H,22,23). The van der Waals surface area contributed by atoms with Crippen LogP contribution in [0.5, 0.6) is 5.75 Å². The van der Waals surface area contributed by atoms with E-state index in [0.29, 0.717) is 26.2 Å². The van der Waals surface area contributed by atoms with Gasteiger partial charge in [-0.25, -0.2) is 0 Å². The van der Waals surface area contributed by atoms with Crippen molar-refractivity contribution in [3.63, 3.8) is 0 Å². The first kappa shape index (κ1) is 17.7. The first-order valence-electron chi connectivity index (χ1n) is 8.70. The lowest BCUT2D eigenvalue weighted by Gasteiger charge is -2.39. The zero-order valence-corrected chi connectivity index (χ0v) is 14.7. The van der Waals surface area contributed by atoms with E-state index in [4.69, 9.17) is 14.6 Å². The van der Waals surface area contributed by atoms with Gasteiger partial charge >= 0.3 is 5.97 Å². The maximum atomic E-state index is 12.3. The Morgan fingerprint density at radius 3 is 2.64 bits per heavy atom. The van der Waals surface area contributed by atoms with Gasteiger partial charge in [-0.3, -0.25) is 9.59 Å². The van der Waals surface area contributed by atoms with Crippen molar-refractivity contribution < 1.29 is 24.2 Å². The summed E-state index contributed by atoms with van der Waals surface area (Å²) in [4.78, 5) is 23.3. The minimum atomic E-state index is -0.888. The van der Waals surface area contributed by atoms with Crippen molar-refractivity contribution in [2.24, 2.45) is 11.8 Å². The number of carboxylic acids is 1. The predicted molar refractivity (Wildman–Crippen MR) is 91.7 cm³/mol. The molecule has 2 atom stereocenters. The number of methoxy groups -OCH3 is 1. The van der Waals surface area contributed by atoms with Gasteiger partial charge in [0.05, 0.1) is 18.9 Å². The Kier molecular flexibility index (Phi) is 4.99. The van der Waals surface area contributed by atoms with Crippen molar-refractivity contribution in [2.75, 3.05) is 26.9 Å². The van der Waals surface area contributed by atoms with Gasteiger partial charge in [0, 0.05) is 30.7 Å². The molecule has 25 heavy (non-hydrogen) atoms. The van der Waals surface area contributed by atoms with Gasteiger partial charge < -0.3 is 19.9 Å². The molecule has 1 heterocycles. The van der Waals surface area contributed by atoms with Crippen molar-refractivity contribution in [1.29, 1.82) is 0 Å². The van der Waals surface area contributed by atoms with E-state index in [-0.39, 0.29) is 11.3 Å². The van der Waals surface area contributed by atoms with Gasteiger partial charge in [-0.05, 0) is 32.3 Å². The minimum Gasteiger partial charge on any atom is -0.496 e. The second kappa shape index (κ2) is 7.04. The van der Waals surface area contributed by atoms with Crippen LogP contribution in [0.2, 0.25) is 0 Å². The van der Waals surface area contributed by atoms with Crippen molar-refractivity contribution in [1.82, 2.24) is 5.32 Å². The maximum absolute atomic E-state index is 12.3. The molecule has 2 N–H and O–H groups in total. The molecule has 6 heteroatoms. The highest BCUT2D eigenvalue weighted by atomic mass is 16.5. The molecule has 1 aliphatic heterocycles. The van der Waals surface area contributed by atoms with E-state index in [9.17, 15) is 9.59 Å². The molecule has 6 nitrogen and oxygen atoms in total. The number of hydrogen-bond acceptors (Lipinski definition) is 4. The number of carbonyl (C=O) groups excluding carboxylic acids is 1. The summed E-state index contributed by atoms with van der Waals surface area (Å²) >= 11 is 0. The molecule has 1 aromatic rings. The molecule has 2 fully saturated rings. The number of carbonyl (C=O) groups is 2. The molecular formula is C19H25NO5. The first-order chi connectivity index (χ1) is 12.0. The van der Waals surface area contributed by atoms with Crippen LogP contribution in [0.15, 0.2) is 18.2 Å². The average molecular weight is 347 g/mol. The number of carboxylic acid groups (broad SMARTS) is 1. The van der Waals surface area contributed by atoms with Crippen LogP contribution in [-0.2, 0) is 19.7 Å². The van der Waals surface area contributed by atoms with Gasteiger partial charge in [-0.15, -0.1) is 0 Å². The van der Waals surface area contributed by atoms with Crippen LogP contribution in [0.25, 0.3) is 0 Å². The fourth-order valence-electron chi connectivity index (χ4n) is 3.68. The Morgan fingerprint density at radius 2 is 2.04 bits per heavy atom. The summed E-state index contributed by atoms with van der Waals surface area (Å²) < 4.78 is 11.1. The molecule has 0 bridgehead atoms. The van der Waals surface area contributed by atoms with Crippen molar-refractivity contribution in [3.05, 3.63) is 29.3 Å². The second-order valence-corrected chi connectivity index (χ2v) is 7.10. The topological polar surface area (TPSA) is 84.9 Å². The Labute approximate surface area is 147 Å². The predicted octanol–water partition coefficient (Wildman–Crippen LogP) is 1.89.